The van der Waals surface area contributed by atoms with Crippen molar-refractivity contribution in [1.82, 2.24) is 0 Å². The van der Waals surface area contributed by atoms with Crippen LogP contribution in [0.25, 0.3) is 0 Å². The van der Waals surface area contributed by atoms with Gasteiger partial charge in [-0.25, -0.2) is 0 Å². The van der Waals surface area contributed by atoms with Crippen LogP contribution < -0.4 is 5.73 Å². The summed E-state index contributed by atoms with van der Waals surface area (Å²) in [5, 5.41) is 0. The van der Waals surface area contributed by atoms with Crippen LogP contribution in [0.5, 0.6) is 0 Å². The molecule has 2 nitrogen and oxygen atoms in total. The summed E-state index contributed by atoms with van der Waals surface area (Å²) in [4.78, 5) is 11.4. The maximum Gasteiger partial charge on any atom is 0.222 e. The van der Waals surface area contributed by atoms with E-state index in [2.05, 4.69) is 45.7 Å². The summed E-state index contributed by atoms with van der Waals surface area (Å²) in [6, 6.07) is 0. The van der Waals surface area contributed by atoms with Crippen molar-refractivity contribution in [3.05, 3.63) is 0 Å². The third-order valence-corrected chi connectivity index (χ3v) is 4.46. The van der Waals surface area contributed by atoms with Crippen LogP contribution in [0.15, 0.2) is 0 Å². The van der Waals surface area contributed by atoms with Crippen LogP contribution in [0.1, 0.15) is 52.4 Å². The Balaban J connectivity index is 4.36. The lowest BCUT2D eigenvalue weighted by atomic mass is 9.94. The molecule has 0 spiro atoms. The Hall–Kier alpha value is 0.430. The minimum Gasteiger partial charge on any atom is -0.369 e. The molecule has 0 saturated carbocycles. The fourth-order valence-electron chi connectivity index (χ4n) is 1.56. The Bertz CT molecular complexity index is 195. The zero-order chi connectivity index (χ0) is 11.9. The smallest absolute Gasteiger partial charge is 0.222 e. The van der Waals surface area contributed by atoms with E-state index in [0.29, 0.717) is 0 Å². The Morgan fingerprint density at radius 3 is 2.20 bits per heavy atom. The third-order valence-electron chi connectivity index (χ3n) is 2.56. The summed E-state index contributed by atoms with van der Waals surface area (Å²) in [5.74, 6) is -0.336. The van der Waals surface area contributed by atoms with Gasteiger partial charge in [-0.3, -0.25) is 4.79 Å². The first kappa shape index (κ1) is 15.4. The summed E-state index contributed by atoms with van der Waals surface area (Å²) >= 11 is 7.19. The minimum atomic E-state index is -0.309. The lowest BCUT2D eigenvalue weighted by Gasteiger charge is -2.28. The van der Waals surface area contributed by atoms with E-state index in [-0.39, 0.29) is 15.1 Å². The number of carbonyl (C=O) groups excluding carboxylic acids is 1. The summed E-state index contributed by atoms with van der Waals surface area (Å²) in [5.41, 5.74) is 5.44. The highest BCUT2D eigenvalue weighted by molar-refractivity contribution is 9.25. The van der Waals surface area contributed by atoms with Crippen molar-refractivity contribution in [1.29, 1.82) is 0 Å². The predicted octanol–water partition coefficient (Wildman–Crippen LogP) is 3.95. The normalized spacial score (nSPS) is 13.9. The number of alkyl halides is 2. The van der Waals surface area contributed by atoms with Gasteiger partial charge in [-0.1, -0.05) is 71.4 Å². The summed E-state index contributed by atoms with van der Waals surface area (Å²) < 4.78 is -0.309. The molecule has 4 heteroatoms. The van der Waals surface area contributed by atoms with E-state index in [1.54, 1.807) is 0 Å². The molecule has 0 heterocycles. The number of primary amides is 1. The molecule has 1 atom stereocenters. The van der Waals surface area contributed by atoms with Crippen molar-refractivity contribution in [3.63, 3.8) is 0 Å². The fourth-order valence-corrected chi connectivity index (χ4v) is 3.03. The number of rotatable bonds is 8. The van der Waals surface area contributed by atoms with Gasteiger partial charge in [-0.2, -0.15) is 0 Å². The van der Waals surface area contributed by atoms with Crippen molar-refractivity contribution >= 4 is 37.8 Å². The largest absolute Gasteiger partial charge is 0.369 e. The highest BCUT2D eigenvalue weighted by Gasteiger charge is 2.36. The molecule has 0 aliphatic rings. The van der Waals surface area contributed by atoms with Gasteiger partial charge in [0.25, 0.3) is 0 Å². The van der Waals surface area contributed by atoms with Crippen molar-refractivity contribution in [2.75, 3.05) is 0 Å². The first-order chi connectivity index (χ1) is 6.95. The summed E-state index contributed by atoms with van der Waals surface area (Å²) in [6.07, 6.45) is 6.13. The molecular formula is C11H21Br2NO. The molecule has 2 N–H and O–H groups in total. The van der Waals surface area contributed by atoms with Crippen LogP contribution in [0.3, 0.4) is 0 Å². The number of nitrogens with two attached hydrogens (primary N) is 1. The molecule has 0 radical (unpaired) electrons. The molecule has 1 unspecified atom stereocenters. The number of halogens is 2. The van der Waals surface area contributed by atoms with E-state index >= 15 is 0 Å². The van der Waals surface area contributed by atoms with E-state index in [9.17, 15) is 4.79 Å². The predicted molar refractivity (Wildman–Crippen MR) is 72.3 cm³/mol. The Labute approximate surface area is 110 Å². The molecule has 15 heavy (non-hydrogen) atoms. The van der Waals surface area contributed by atoms with Gasteiger partial charge in [0.05, 0.1) is 9.15 Å². The molecule has 0 aliphatic heterocycles. The summed E-state index contributed by atoms with van der Waals surface area (Å²) in [7, 11) is 0. The van der Waals surface area contributed by atoms with Crippen LogP contribution in [0.2, 0.25) is 0 Å². The quantitative estimate of drug-likeness (QED) is 0.666. The number of hydrogen-bond donors (Lipinski definition) is 1. The van der Waals surface area contributed by atoms with Gasteiger partial charge in [-0.05, 0) is 12.8 Å². The van der Waals surface area contributed by atoms with Gasteiger partial charge in [0, 0.05) is 0 Å². The van der Waals surface area contributed by atoms with Crippen molar-refractivity contribution in [2.45, 2.75) is 55.6 Å². The number of amides is 1. The van der Waals surface area contributed by atoms with Crippen molar-refractivity contribution in [2.24, 2.45) is 11.7 Å². The van der Waals surface area contributed by atoms with Crippen LogP contribution in [-0.2, 0) is 4.79 Å². The Morgan fingerprint density at radius 2 is 1.80 bits per heavy atom. The van der Waals surface area contributed by atoms with Crippen LogP contribution >= 0.6 is 31.9 Å². The number of hydrogen-bond acceptors (Lipinski definition) is 1. The van der Waals surface area contributed by atoms with Gasteiger partial charge >= 0.3 is 0 Å². The zero-order valence-electron chi connectivity index (χ0n) is 9.56. The molecule has 0 aliphatic carbocycles. The Morgan fingerprint density at radius 1 is 1.27 bits per heavy atom. The molecule has 0 aromatic heterocycles. The third kappa shape index (κ3) is 5.91. The lowest BCUT2D eigenvalue weighted by molar-refractivity contribution is -0.122. The standard InChI is InChI=1S/C11H21Br2NO/c1-3-5-7-9(10(14)15)11(12,13)8-6-4-2/h9H,3-8H2,1-2H3,(H2,14,15). The zero-order valence-corrected chi connectivity index (χ0v) is 12.7. The highest BCUT2D eigenvalue weighted by Crippen LogP contribution is 2.41. The molecule has 0 rings (SSSR count). The first-order valence-corrected chi connectivity index (χ1v) is 7.21. The SMILES string of the molecule is CCCCC(C(N)=O)C(Br)(Br)CCCC. The van der Waals surface area contributed by atoms with Gasteiger partial charge in [0.1, 0.15) is 0 Å². The molecule has 90 valence electrons. The van der Waals surface area contributed by atoms with E-state index in [4.69, 9.17) is 5.73 Å². The first-order valence-electron chi connectivity index (χ1n) is 5.62. The van der Waals surface area contributed by atoms with Gasteiger partial charge in [0.2, 0.25) is 5.91 Å². The molecule has 0 aromatic carbocycles. The second-order valence-electron chi connectivity index (χ2n) is 3.96. The Kier molecular flexibility index (Phi) is 7.88. The average molecular weight is 343 g/mol. The van der Waals surface area contributed by atoms with Crippen LogP contribution in [0, 0.1) is 5.92 Å². The number of carbonyl (C=O) groups is 1. The second kappa shape index (κ2) is 7.66. The van der Waals surface area contributed by atoms with Crippen LogP contribution in [0.4, 0.5) is 0 Å². The van der Waals surface area contributed by atoms with Gasteiger partial charge < -0.3 is 5.73 Å². The number of unbranched alkanes of at least 4 members (excludes halogenated alkanes) is 2. The highest BCUT2D eigenvalue weighted by atomic mass is 79.9. The van der Waals surface area contributed by atoms with E-state index in [1.807, 2.05) is 0 Å². The lowest BCUT2D eigenvalue weighted by Crippen LogP contribution is -2.36. The maximum absolute atomic E-state index is 11.4. The fraction of sp³-hybridized carbons (Fsp3) is 0.909. The van der Waals surface area contributed by atoms with Crippen molar-refractivity contribution in [3.8, 4) is 0 Å². The monoisotopic (exact) mass is 341 g/mol. The summed E-state index contributed by atoms with van der Waals surface area (Å²) in [6.45, 7) is 4.26. The van der Waals surface area contributed by atoms with Crippen molar-refractivity contribution < 1.29 is 4.79 Å². The van der Waals surface area contributed by atoms with Gasteiger partial charge in [0.15, 0.2) is 0 Å². The molecule has 0 aromatic rings. The minimum absolute atomic E-state index is 0.121. The van der Waals surface area contributed by atoms with E-state index in [1.165, 1.54) is 0 Å². The molecule has 0 bridgehead atoms. The molecular weight excluding hydrogens is 322 g/mol. The van der Waals surface area contributed by atoms with E-state index < -0.39 is 0 Å². The topological polar surface area (TPSA) is 43.1 Å². The second-order valence-corrected chi connectivity index (χ2v) is 7.86. The van der Waals surface area contributed by atoms with Gasteiger partial charge in [-0.15, -0.1) is 0 Å². The van der Waals surface area contributed by atoms with Crippen LogP contribution in [-0.4, -0.2) is 9.14 Å². The average Bonchev–Trinajstić information content (AvgIpc) is 2.14. The molecule has 0 saturated heterocycles. The molecule has 0 fully saturated rings. The maximum atomic E-state index is 11.4. The van der Waals surface area contributed by atoms with E-state index in [0.717, 1.165) is 38.5 Å². The molecule has 1 amide bonds.